The van der Waals surface area contributed by atoms with Gasteiger partial charge >= 0.3 is 0 Å². The van der Waals surface area contributed by atoms with Crippen molar-refractivity contribution in [1.29, 1.82) is 0 Å². The number of para-hydroxylation sites is 1. The first-order valence-corrected chi connectivity index (χ1v) is 15.2. The Hall–Kier alpha value is -2.74. The lowest BCUT2D eigenvalue weighted by atomic mass is 10.1. The number of aromatic nitrogens is 1. The minimum Gasteiger partial charge on any atom is -0.457 e. The smallest absolute Gasteiger partial charge is 0.186 e. The molecular formula is C32H53N3O3S. The van der Waals surface area contributed by atoms with E-state index in [0.29, 0.717) is 4.88 Å². The van der Waals surface area contributed by atoms with E-state index in [1.807, 2.05) is 103 Å². The summed E-state index contributed by atoms with van der Waals surface area (Å²) in [4.78, 5) is 19.1. The lowest BCUT2D eigenvalue weighted by Crippen LogP contribution is -2.43. The van der Waals surface area contributed by atoms with E-state index in [0.717, 1.165) is 67.0 Å². The normalized spacial score (nSPS) is 11.2. The van der Waals surface area contributed by atoms with Gasteiger partial charge in [0, 0.05) is 45.5 Å². The Morgan fingerprint density at radius 1 is 0.872 bits per heavy atom. The first-order chi connectivity index (χ1) is 19.2. The molecule has 0 saturated carbocycles. The highest BCUT2D eigenvalue weighted by molar-refractivity contribution is 7.17. The predicted octanol–water partition coefficient (Wildman–Crippen LogP) is 8.97. The Labute approximate surface area is 242 Å². The predicted molar refractivity (Wildman–Crippen MR) is 172 cm³/mol. The third kappa shape index (κ3) is 15.4. The first-order valence-electron chi connectivity index (χ1n) is 14.4. The Kier molecular flexibility index (Phi) is 26.4. The van der Waals surface area contributed by atoms with Crippen molar-refractivity contribution in [1.82, 2.24) is 10.3 Å². The van der Waals surface area contributed by atoms with E-state index in [-0.39, 0.29) is 0 Å². The molecule has 2 heterocycles. The molecule has 0 amide bonds. The molecule has 0 bridgehead atoms. The van der Waals surface area contributed by atoms with Crippen LogP contribution in [-0.4, -0.2) is 51.2 Å². The van der Waals surface area contributed by atoms with Crippen LogP contribution in [0.15, 0.2) is 54.6 Å². The molecule has 0 radical (unpaired) electrons. The molecule has 1 fully saturated rings. The molecule has 1 saturated heterocycles. The minimum atomic E-state index is 0.662. The van der Waals surface area contributed by atoms with E-state index in [9.17, 15) is 4.79 Å². The lowest BCUT2D eigenvalue weighted by Gasteiger charge is -2.26. The van der Waals surface area contributed by atoms with Crippen LogP contribution < -0.4 is 15.0 Å². The number of nitrogens with one attached hydrogen (secondary N) is 1. The zero-order valence-corrected chi connectivity index (χ0v) is 26.9. The molecule has 0 atom stereocenters. The van der Waals surface area contributed by atoms with Crippen molar-refractivity contribution < 1.29 is 14.3 Å². The van der Waals surface area contributed by atoms with Gasteiger partial charge in [0.1, 0.15) is 11.5 Å². The quantitative estimate of drug-likeness (QED) is 0.304. The fraction of sp³-hybridized carbons (Fsp3) is 0.500. The van der Waals surface area contributed by atoms with E-state index in [1.165, 1.54) is 17.8 Å². The summed E-state index contributed by atoms with van der Waals surface area (Å²) in [6.45, 7) is 22.7. The summed E-state index contributed by atoms with van der Waals surface area (Å²) in [6, 6.07) is 17.4. The van der Waals surface area contributed by atoms with Crippen molar-refractivity contribution in [2.75, 3.05) is 44.8 Å². The molecule has 1 aromatic heterocycles. The maximum Gasteiger partial charge on any atom is 0.186 e. The maximum absolute atomic E-state index is 11.5. The van der Waals surface area contributed by atoms with Crippen molar-refractivity contribution in [3.63, 3.8) is 0 Å². The van der Waals surface area contributed by atoms with E-state index in [4.69, 9.17) is 9.72 Å². The van der Waals surface area contributed by atoms with E-state index in [1.54, 1.807) is 7.11 Å². The minimum absolute atomic E-state index is 0.662. The van der Waals surface area contributed by atoms with E-state index in [2.05, 4.69) is 28.8 Å². The molecule has 0 spiro atoms. The van der Waals surface area contributed by atoms with Gasteiger partial charge in [0.15, 0.2) is 11.4 Å². The van der Waals surface area contributed by atoms with Crippen molar-refractivity contribution in [2.45, 2.75) is 68.7 Å². The highest BCUT2D eigenvalue weighted by atomic mass is 32.1. The number of aldehydes is 1. The summed E-state index contributed by atoms with van der Waals surface area (Å²) in [5.74, 6) is 1.55. The van der Waals surface area contributed by atoms with Gasteiger partial charge in [-0.15, -0.1) is 0 Å². The van der Waals surface area contributed by atoms with Crippen LogP contribution in [0.5, 0.6) is 11.5 Å². The van der Waals surface area contributed by atoms with Gasteiger partial charge in [-0.2, -0.15) is 0 Å². The van der Waals surface area contributed by atoms with Gasteiger partial charge in [0.05, 0.1) is 10.6 Å². The highest BCUT2D eigenvalue weighted by Gasteiger charge is 2.18. The molecule has 1 aliphatic rings. The molecule has 0 unspecified atom stereocenters. The number of nitrogens with zero attached hydrogens (tertiary/aromatic N) is 2. The number of hydrogen-bond acceptors (Lipinski definition) is 7. The second kappa shape index (κ2) is 26.9. The maximum atomic E-state index is 11.5. The van der Waals surface area contributed by atoms with Crippen molar-refractivity contribution in [3.05, 3.63) is 59.5 Å². The number of hydrogen-bond donors (Lipinski definition) is 1. The topological polar surface area (TPSA) is 63.7 Å². The number of carbonyl (C=O) groups is 1. The number of carbonyl (C=O) groups excluding carboxylic acids is 1. The Balaban J connectivity index is 0. The SMILES string of the molecule is CC.CC.CC.CCC.CCOC.O=Cc1sc(N2CCNCC2)nc1-c1ccc(Oc2ccccc2)cc1. The molecule has 39 heavy (non-hydrogen) atoms. The molecule has 1 N–H and O–H groups in total. The fourth-order valence-electron chi connectivity index (χ4n) is 2.90. The number of piperazine rings is 1. The zero-order chi connectivity index (χ0) is 29.9. The number of benzene rings is 2. The molecule has 2 aromatic carbocycles. The summed E-state index contributed by atoms with van der Waals surface area (Å²) in [6.07, 6.45) is 2.15. The van der Waals surface area contributed by atoms with Crippen LogP contribution in [-0.2, 0) is 4.74 Å². The standard InChI is InChI=1S/C20H19N3O2S.C3H8O.C3H8.3C2H6/c24-14-18-19(22-20(26-18)23-12-10-21-11-13-23)15-6-8-17(9-7-15)25-16-4-2-1-3-5-16;1-3-4-2;1-3-2;3*1-2/h1-9,14,21H,10-13H2;3H2,1-2H3;3H2,1-2H3;3*1-2H3. The average molecular weight is 560 g/mol. The van der Waals surface area contributed by atoms with Gasteiger partial charge in [-0.3, -0.25) is 4.79 Å². The second-order valence-corrected chi connectivity index (χ2v) is 8.30. The zero-order valence-electron chi connectivity index (χ0n) is 26.0. The van der Waals surface area contributed by atoms with Gasteiger partial charge in [-0.1, -0.05) is 91.3 Å². The molecule has 0 aliphatic carbocycles. The van der Waals surface area contributed by atoms with Crippen LogP contribution in [0.3, 0.4) is 0 Å². The number of methoxy groups -OCH3 is 1. The van der Waals surface area contributed by atoms with Crippen LogP contribution in [0.25, 0.3) is 11.3 Å². The molecule has 4 rings (SSSR count). The van der Waals surface area contributed by atoms with Gasteiger partial charge in [-0.25, -0.2) is 4.98 Å². The molecule has 6 nitrogen and oxygen atoms in total. The fourth-order valence-corrected chi connectivity index (χ4v) is 3.86. The van der Waals surface area contributed by atoms with Crippen LogP contribution in [0.4, 0.5) is 5.13 Å². The molecular weight excluding hydrogens is 506 g/mol. The number of ether oxygens (including phenoxy) is 2. The van der Waals surface area contributed by atoms with Crippen LogP contribution >= 0.6 is 11.3 Å². The first kappa shape index (κ1) is 38.4. The number of anilines is 1. The van der Waals surface area contributed by atoms with Gasteiger partial charge in [-0.05, 0) is 43.3 Å². The summed E-state index contributed by atoms with van der Waals surface area (Å²) < 4.78 is 10.4. The van der Waals surface area contributed by atoms with Gasteiger partial charge < -0.3 is 19.7 Å². The molecule has 1 aliphatic heterocycles. The molecule has 3 aromatic rings. The number of rotatable bonds is 6. The lowest BCUT2D eigenvalue weighted by molar-refractivity contribution is 0.112. The summed E-state index contributed by atoms with van der Waals surface area (Å²) in [5, 5.41) is 4.24. The Morgan fingerprint density at radius 2 is 1.36 bits per heavy atom. The van der Waals surface area contributed by atoms with Crippen LogP contribution in [0, 0.1) is 0 Å². The highest BCUT2D eigenvalue weighted by Crippen LogP contribution is 2.33. The third-order valence-electron chi connectivity index (χ3n) is 4.53. The van der Waals surface area contributed by atoms with Crippen LogP contribution in [0.1, 0.15) is 78.4 Å². The Bertz CT molecular complexity index is 924. The van der Waals surface area contributed by atoms with E-state index < -0.39 is 0 Å². The van der Waals surface area contributed by atoms with E-state index >= 15 is 0 Å². The van der Waals surface area contributed by atoms with Crippen LogP contribution in [0.2, 0.25) is 0 Å². The Morgan fingerprint density at radius 3 is 1.82 bits per heavy atom. The number of thiazole rings is 1. The van der Waals surface area contributed by atoms with Crippen molar-refractivity contribution in [2.24, 2.45) is 0 Å². The molecule has 7 heteroatoms. The monoisotopic (exact) mass is 559 g/mol. The van der Waals surface area contributed by atoms with Crippen molar-refractivity contribution >= 4 is 22.8 Å². The summed E-state index contributed by atoms with van der Waals surface area (Å²) in [5.41, 5.74) is 1.66. The summed E-state index contributed by atoms with van der Waals surface area (Å²) >= 11 is 1.46. The second-order valence-electron chi connectivity index (χ2n) is 7.29. The summed E-state index contributed by atoms with van der Waals surface area (Å²) in [7, 11) is 1.68. The third-order valence-corrected chi connectivity index (χ3v) is 5.57. The largest absolute Gasteiger partial charge is 0.457 e. The average Bonchev–Trinajstić information content (AvgIpc) is 3.47. The van der Waals surface area contributed by atoms with Gasteiger partial charge in [0.2, 0.25) is 0 Å². The van der Waals surface area contributed by atoms with Gasteiger partial charge in [0.25, 0.3) is 0 Å². The van der Waals surface area contributed by atoms with Crippen molar-refractivity contribution in [3.8, 4) is 22.8 Å². The molecule has 220 valence electrons.